The summed E-state index contributed by atoms with van der Waals surface area (Å²) in [5.74, 6) is 0.684. The van der Waals surface area contributed by atoms with Crippen molar-refractivity contribution in [2.75, 3.05) is 6.61 Å². The maximum Gasteiger partial charge on any atom is 0.416 e. The number of hydrogen-bond acceptors (Lipinski definition) is 2. The van der Waals surface area contributed by atoms with Crippen molar-refractivity contribution < 1.29 is 17.9 Å². The molecule has 0 bridgehead atoms. The van der Waals surface area contributed by atoms with Gasteiger partial charge in [0, 0.05) is 0 Å². The fraction of sp³-hybridized carbons (Fsp3) is 0.429. The van der Waals surface area contributed by atoms with E-state index in [1.165, 1.54) is 6.07 Å². The number of halogens is 3. The number of alkyl halides is 3. The molecular weight excluding hydrogens is 255 g/mol. The van der Waals surface area contributed by atoms with E-state index in [1.54, 1.807) is 6.07 Å². The Morgan fingerprint density at radius 3 is 2.74 bits per heavy atom. The second kappa shape index (κ2) is 5.65. The first-order chi connectivity index (χ1) is 8.97. The van der Waals surface area contributed by atoms with E-state index in [0.29, 0.717) is 24.4 Å². The van der Waals surface area contributed by atoms with Gasteiger partial charge in [0.1, 0.15) is 5.76 Å². The predicted octanol–water partition coefficient (Wildman–Crippen LogP) is 3.27. The average Bonchev–Trinajstić information content (AvgIpc) is 2.39. The minimum absolute atomic E-state index is 0.343. The zero-order chi connectivity index (χ0) is 13.9. The minimum atomic E-state index is -4.32. The molecule has 2 nitrogen and oxygen atoms in total. The van der Waals surface area contributed by atoms with Crippen LogP contribution in [0.4, 0.5) is 13.2 Å². The van der Waals surface area contributed by atoms with Crippen molar-refractivity contribution in [2.24, 2.45) is 5.73 Å². The van der Waals surface area contributed by atoms with Gasteiger partial charge in [0.15, 0.2) is 0 Å². The first-order valence-electron chi connectivity index (χ1n) is 6.21. The number of nitrogens with two attached hydrogens (primary N) is 1. The molecule has 2 rings (SSSR count). The molecule has 0 saturated heterocycles. The molecule has 1 unspecified atom stereocenters. The van der Waals surface area contributed by atoms with Gasteiger partial charge in [-0.05, 0) is 37.0 Å². The van der Waals surface area contributed by atoms with Gasteiger partial charge < -0.3 is 10.5 Å². The van der Waals surface area contributed by atoms with E-state index in [-0.39, 0.29) is 6.04 Å². The van der Waals surface area contributed by atoms with E-state index >= 15 is 0 Å². The fourth-order valence-corrected chi connectivity index (χ4v) is 2.06. The first-order valence-corrected chi connectivity index (χ1v) is 6.21. The number of benzene rings is 1. The van der Waals surface area contributed by atoms with Crippen molar-refractivity contribution in [3.8, 4) is 0 Å². The van der Waals surface area contributed by atoms with Gasteiger partial charge in [0.25, 0.3) is 0 Å². The molecule has 0 radical (unpaired) electrons. The van der Waals surface area contributed by atoms with Crippen molar-refractivity contribution in [3.63, 3.8) is 0 Å². The van der Waals surface area contributed by atoms with Crippen LogP contribution >= 0.6 is 0 Å². The molecule has 0 amide bonds. The highest BCUT2D eigenvalue weighted by Crippen LogP contribution is 2.30. The molecule has 104 valence electrons. The smallest absolute Gasteiger partial charge is 0.416 e. The molecule has 1 aliphatic rings. The average molecular weight is 271 g/mol. The number of hydrogen-bond donors (Lipinski definition) is 1. The molecule has 0 fully saturated rings. The van der Waals surface area contributed by atoms with E-state index < -0.39 is 11.7 Å². The zero-order valence-electron chi connectivity index (χ0n) is 10.4. The summed E-state index contributed by atoms with van der Waals surface area (Å²) in [6.45, 7) is 0.627. The van der Waals surface area contributed by atoms with Crippen LogP contribution in [-0.2, 0) is 17.3 Å². The van der Waals surface area contributed by atoms with Crippen LogP contribution in [0.5, 0.6) is 0 Å². The predicted molar refractivity (Wildman–Crippen MR) is 66.4 cm³/mol. The quantitative estimate of drug-likeness (QED) is 0.915. The summed E-state index contributed by atoms with van der Waals surface area (Å²) < 4.78 is 43.2. The third-order valence-corrected chi connectivity index (χ3v) is 3.04. The second-order valence-electron chi connectivity index (χ2n) is 4.61. The van der Waals surface area contributed by atoms with Crippen LogP contribution in [0.1, 0.15) is 24.0 Å². The van der Waals surface area contributed by atoms with Gasteiger partial charge in [-0.25, -0.2) is 0 Å². The van der Waals surface area contributed by atoms with Crippen molar-refractivity contribution in [2.45, 2.75) is 31.5 Å². The van der Waals surface area contributed by atoms with Gasteiger partial charge in [-0.15, -0.1) is 0 Å². The van der Waals surface area contributed by atoms with Crippen LogP contribution in [0, 0.1) is 0 Å². The maximum atomic E-state index is 12.6. The highest BCUT2D eigenvalue weighted by molar-refractivity contribution is 5.27. The molecule has 0 saturated carbocycles. The van der Waals surface area contributed by atoms with Crippen molar-refractivity contribution in [1.29, 1.82) is 0 Å². The summed E-state index contributed by atoms with van der Waals surface area (Å²) in [7, 11) is 0. The third kappa shape index (κ3) is 3.73. The Kier molecular flexibility index (Phi) is 4.14. The van der Waals surface area contributed by atoms with Crippen LogP contribution in [0.15, 0.2) is 36.1 Å². The van der Waals surface area contributed by atoms with Gasteiger partial charge in [0.05, 0.1) is 18.2 Å². The summed E-state index contributed by atoms with van der Waals surface area (Å²) in [6.07, 6.45) is -0.191. The monoisotopic (exact) mass is 271 g/mol. The molecule has 5 heteroatoms. The summed E-state index contributed by atoms with van der Waals surface area (Å²) in [5, 5.41) is 0. The van der Waals surface area contributed by atoms with Crippen molar-refractivity contribution in [1.82, 2.24) is 0 Å². The third-order valence-electron chi connectivity index (χ3n) is 3.04. The lowest BCUT2D eigenvalue weighted by atomic mass is 10.0. The normalized spacial score (nSPS) is 17.6. The molecule has 0 aromatic heterocycles. The Labute approximate surface area is 110 Å². The summed E-state index contributed by atoms with van der Waals surface area (Å²) in [4.78, 5) is 0. The molecule has 1 aromatic rings. The summed E-state index contributed by atoms with van der Waals surface area (Å²) in [5.41, 5.74) is 5.89. The Balaban J connectivity index is 2.08. The van der Waals surface area contributed by atoms with Gasteiger partial charge >= 0.3 is 6.18 Å². The van der Waals surface area contributed by atoms with Crippen molar-refractivity contribution >= 4 is 0 Å². The molecular formula is C14H16F3NO. The highest BCUT2D eigenvalue weighted by Gasteiger charge is 2.30. The Morgan fingerprint density at radius 2 is 2.11 bits per heavy atom. The van der Waals surface area contributed by atoms with Gasteiger partial charge in [0.2, 0.25) is 0 Å². The molecule has 19 heavy (non-hydrogen) atoms. The van der Waals surface area contributed by atoms with Crippen LogP contribution in [0.2, 0.25) is 0 Å². The van der Waals surface area contributed by atoms with Gasteiger partial charge in [-0.1, -0.05) is 18.2 Å². The Hall–Kier alpha value is -1.49. The second-order valence-corrected chi connectivity index (χ2v) is 4.61. The Morgan fingerprint density at radius 1 is 1.32 bits per heavy atom. The number of rotatable bonds is 3. The van der Waals surface area contributed by atoms with E-state index in [9.17, 15) is 13.2 Å². The van der Waals surface area contributed by atoms with Crippen LogP contribution in [0.25, 0.3) is 0 Å². The number of ether oxygens (including phenoxy) is 1. The molecule has 0 aliphatic carbocycles. The zero-order valence-corrected chi connectivity index (χ0v) is 10.4. The lowest BCUT2D eigenvalue weighted by molar-refractivity contribution is -0.137. The highest BCUT2D eigenvalue weighted by atomic mass is 19.4. The SMILES string of the molecule is NC(Cc1cccc(C(F)(F)F)c1)C1=CCCCO1. The Bertz CT molecular complexity index is 468. The van der Waals surface area contributed by atoms with Crippen molar-refractivity contribution in [3.05, 3.63) is 47.2 Å². The topological polar surface area (TPSA) is 35.2 Å². The van der Waals surface area contributed by atoms with Gasteiger partial charge in [-0.3, -0.25) is 0 Å². The van der Waals surface area contributed by atoms with E-state index in [4.69, 9.17) is 10.5 Å². The lowest BCUT2D eigenvalue weighted by Gasteiger charge is -2.21. The van der Waals surface area contributed by atoms with Crippen LogP contribution in [0.3, 0.4) is 0 Å². The van der Waals surface area contributed by atoms with E-state index in [0.717, 1.165) is 25.0 Å². The largest absolute Gasteiger partial charge is 0.497 e. The van der Waals surface area contributed by atoms with E-state index in [2.05, 4.69) is 0 Å². The minimum Gasteiger partial charge on any atom is -0.497 e. The molecule has 1 aliphatic heterocycles. The fourth-order valence-electron chi connectivity index (χ4n) is 2.06. The van der Waals surface area contributed by atoms with Gasteiger partial charge in [-0.2, -0.15) is 13.2 Å². The molecule has 2 N–H and O–H groups in total. The summed E-state index contributed by atoms with van der Waals surface area (Å²) >= 11 is 0. The molecule has 1 atom stereocenters. The number of allylic oxidation sites excluding steroid dienone is 1. The maximum absolute atomic E-state index is 12.6. The molecule has 1 aromatic carbocycles. The molecule has 1 heterocycles. The lowest BCUT2D eigenvalue weighted by Crippen LogP contribution is -2.28. The van der Waals surface area contributed by atoms with E-state index in [1.807, 2.05) is 6.08 Å². The summed E-state index contributed by atoms with van der Waals surface area (Å²) in [6, 6.07) is 4.87. The van der Waals surface area contributed by atoms with Crippen LogP contribution < -0.4 is 5.73 Å². The standard InChI is InChI=1S/C14H16F3NO/c15-14(16,17)11-5-3-4-10(8-11)9-12(18)13-6-1-2-7-19-13/h3-6,8,12H,1-2,7,9,18H2. The van der Waals surface area contributed by atoms with Crippen LogP contribution in [-0.4, -0.2) is 12.6 Å². The first kappa shape index (κ1) is 13.9. The molecule has 0 spiro atoms.